The Morgan fingerprint density at radius 3 is 2.28 bits per heavy atom. The van der Waals surface area contributed by atoms with Gasteiger partial charge < -0.3 is 33.9 Å². The standard InChI is InChI=1S/C33H39Cl3O11/c1-16-20(38)13-32(42)26(46-27(40)19-10-8-7-9-11-19)24-30(6,25(39)17(2)23(16)29(32,4)5)21(45-28(41)44-15-33(34,35)36)12-22-31(24,14-43-22)47-18(3)37/h7-11,17,20-22,24,26,38,42H,12-15H2,1-6H3/t17?,20?,21-,22?,24-,26-,30+,31?,32+/m0/s1. The van der Waals surface area contributed by atoms with Crippen LogP contribution in [0.15, 0.2) is 41.5 Å². The molecule has 5 rings (SSSR count). The van der Waals surface area contributed by atoms with E-state index in [0.29, 0.717) is 11.1 Å². The first kappa shape index (κ1) is 35.9. The molecule has 1 aromatic rings. The molecule has 0 spiro atoms. The second-order valence-electron chi connectivity index (χ2n) is 13.7. The van der Waals surface area contributed by atoms with Crippen LogP contribution in [0.5, 0.6) is 0 Å². The molecular formula is C33H39Cl3O11. The molecule has 0 amide bonds. The molecule has 2 N–H and O–H groups in total. The molecule has 11 nitrogen and oxygen atoms in total. The quantitative estimate of drug-likeness (QED) is 0.185. The smallest absolute Gasteiger partial charge is 0.455 e. The number of ketones is 1. The highest BCUT2D eigenvalue weighted by atomic mass is 35.6. The van der Waals surface area contributed by atoms with Crippen LogP contribution >= 0.6 is 34.8 Å². The van der Waals surface area contributed by atoms with Gasteiger partial charge in [0.05, 0.1) is 29.6 Å². The van der Waals surface area contributed by atoms with Crippen LogP contribution in [0.1, 0.15) is 64.7 Å². The van der Waals surface area contributed by atoms with E-state index in [2.05, 4.69) is 0 Å². The number of fused-ring (bicyclic) bond motifs is 5. The van der Waals surface area contributed by atoms with Crippen LogP contribution in [0.25, 0.3) is 0 Å². The molecule has 2 bridgehead atoms. The number of Topliss-reactive ketones (excluding diaryl/α,β-unsaturated/α-hetero) is 1. The van der Waals surface area contributed by atoms with Crippen LogP contribution in [0.2, 0.25) is 0 Å². The van der Waals surface area contributed by atoms with Gasteiger partial charge in [-0.1, -0.05) is 73.8 Å². The fourth-order valence-corrected chi connectivity index (χ4v) is 8.76. The van der Waals surface area contributed by atoms with E-state index in [1.54, 1.807) is 45.9 Å². The van der Waals surface area contributed by atoms with E-state index in [-0.39, 0.29) is 25.0 Å². The lowest BCUT2D eigenvalue weighted by Gasteiger charge is -2.67. The number of aliphatic hydroxyl groups excluding tert-OH is 1. The zero-order valence-corrected chi connectivity index (χ0v) is 29.1. The minimum Gasteiger partial charge on any atom is -0.455 e. The van der Waals surface area contributed by atoms with Crippen molar-refractivity contribution in [3.05, 3.63) is 47.0 Å². The lowest BCUT2D eigenvalue weighted by atomic mass is 9.43. The van der Waals surface area contributed by atoms with Crippen molar-refractivity contribution < 1.29 is 53.1 Å². The minimum atomic E-state index is -2.04. The third-order valence-corrected chi connectivity index (χ3v) is 11.1. The number of alkyl halides is 3. The zero-order chi connectivity index (χ0) is 34.9. The summed E-state index contributed by atoms with van der Waals surface area (Å²) in [5.41, 5.74) is -5.61. The number of carbonyl (C=O) groups is 4. The van der Waals surface area contributed by atoms with Gasteiger partial charge >= 0.3 is 18.1 Å². The number of halogens is 3. The van der Waals surface area contributed by atoms with Crippen molar-refractivity contribution in [2.75, 3.05) is 13.2 Å². The Balaban J connectivity index is 1.77. The SMILES string of the molecule is CC(=O)OC12COC1C[C@H](OC(=O)OCC(Cl)(Cl)Cl)[C@@]1(C)C(=O)C(C)C3=C(C)C(O)C[C@@](O)([C@@H](OC(=O)c4ccccc4)[C@H]21)C3(C)C. The van der Waals surface area contributed by atoms with Crippen molar-refractivity contribution in [3.63, 3.8) is 0 Å². The van der Waals surface area contributed by atoms with Crippen LogP contribution < -0.4 is 0 Å². The Morgan fingerprint density at radius 2 is 1.72 bits per heavy atom. The van der Waals surface area contributed by atoms with Crippen LogP contribution in [-0.4, -0.2) is 86.7 Å². The van der Waals surface area contributed by atoms with Crippen LogP contribution in [0, 0.1) is 22.7 Å². The summed E-state index contributed by atoms with van der Waals surface area (Å²) < 4.78 is 27.1. The number of carbonyl (C=O) groups excluding carboxylic acids is 4. The molecule has 0 radical (unpaired) electrons. The molecule has 4 aliphatic rings. The topological polar surface area (TPSA) is 155 Å². The van der Waals surface area contributed by atoms with Crippen LogP contribution in [-0.2, 0) is 33.3 Å². The number of ether oxygens (including phenoxy) is 5. The Bertz CT molecular complexity index is 1490. The van der Waals surface area contributed by atoms with Crippen LogP contribution in [0.3, 0.4) is 0 Å². The van der Waals surface area contributed by atoms with Gasteiger partial charge in [0.15, 0.2) is 5.60 Å². The highest BCUT2D eigenvalue weighted by Gasteiger charge is 2.78. The van der Waals surface area contributed by atoms with Crippen molar-refractivity contribution in [1.29, 1.82) is 0 Å². The summed E-state index contributed by atoms with van der Waals surface area (Å²) in [7, 11) is 0. The summed E-state index contributed by atoms with van der Waals surface area (Å²) in [5, 5.41) is 24.4. The maximum absolute atomic E-state index is 15.1. The molecule has 3 fully saturated rings. The van der Waals surface area contributed by atoms with Crippen molar-refractivity contribution in [3.8, 4) is 0 Å². The summed E-state index contributed by atoms with van der Waals surface area (Å²) in [5.74, 6) is -4.29. The van der Waals surface area contributed by atoms with Gasteiger partial charge in [0, 0.05) is 31.1 Å². The highest BCUT2D eigenvalue weighted by molar-refractivity contribution is 6.67. The predicted molar refractivity (Wildman–Crippen MR) is 169 cm³/mol. The Morgan fingerprint density at radius 1 is 1.09 bits per heavy atom. The van der Waals surface area contributed by atoms with Gasteiger partial charge in [-0.05, 0) is 37.1 Å². The summed E-state index contributed by atoms with van der Waals surface area (Å²) in [6, 6.07) is 8.06. The van der Waals surface area contributed by atoms with Crippen LogP contribution in [0.4, 0.5) is 4.79 Å². The summed E-state index contributed by atoms with van der Waals surface area (Å²) >= 11 is 17.3. The molecule has 258 valence electrons. The second-order valence-corrected chi connectivity index (χ2v) is 16.3. The second kappa shape index (κ2) is 12.2. The fourth-order valence-electron chi connectivity index (χ4n) is 8.60. The van der Waals surface area contributed by atoms with Crippen molar-refractivity contribution in [2.24, 2.45) is 22.7 Å². The van der Waals surface area contributed by atoms with E-state index >= 15 is 4.79 Å². The molecule has 47 heavy (non-hydrogen) atoms. The first-order chi connectivity index (χ1) is 21.7. The Kier molecular flexibility index (Phi) is 9.30. The maximum atomic E-state index is 15.1. The number of rotatable bonds is 5. The number of aliphatic hydroxyl groups is 2. The monoisotopic (exact) mass is 716 g/mol. The lowest BCUT2D eigenvalue weighted by Crippen LogP contribution is -2.81. The molecule has 3 aliphatic carbocycles. The normalized spacial score (nSPS) is 37.6. The number of esters is 2. The predicted octanol–water partition coefficient (Wildman–Crippen LogP) is 4.89. The van der Waals surface area contributed by atoms with Gasteiger partial charge in [0.25, 0.3) is 0 Å². The van der Waals surface area contributed by atoms with Crippen molar-refractivity contribution in [2.45, 2.75) is 93.8 Å². The molecule has 9 atom stereocenters. The third-order valence-electron chi connectivity index (χ3n) is 10.8. The lowest BCUT2D eigenvalue weighted by molar-refractivity contribution is -0.345. The molecule has 2 saturated carbocycles. The van der Waals surface area contributed by atoms with E-state index in [1.165, 1.54) is 26.0 Å². The van der Waals surface area contributed by atoms with E-state index in [9.17, 15) is 24.6 Å². The van der Waals surface area contributed by atoms with Crippen molar-refractivity contribution >= 4 is 58.7 Å². The van der Waals surface area contributed by atoms with E-state index < -0.39 is 92.6 Å². The molecule has 14 heteroatoms. The van der Waals surface area contributed by atoms with Gasteiger partial charge in [-0.2, -0.15) is 0 Å². The average Bonchev–Trinajstić information content (AvgIpc) is 2.97. The van der Waals surface area contributed by atoms with Gasteiger partial charge in [-0.3, -0.25) is 9.59 Å². The third kappa shape index (κ3) is 5.74. The number of hydrogen-bond donors (Lipinski definition) is 2. The van der Waals surface area contributed by atoms with Crippen molar-refractivity contribution in [1.82, 2.24) is 0 Å². The molecule has 1 aromatic carbocycles. The van der Waals surface area contributed by atoms with Gasteiger partial charge in [-0.25, -0.2) is 9.59 Å². The number of hydrogen-bond acceptors (Lipinski definition) is 11. The number of benzene rings is 1. The molecular weight excluding hydrogens is 679 g/mol. The summed E-state index contributed by atoms with van der Waals surface area (Å²) in [4.78, 5) is 54.8. The largest absolute Gasteiger partial charge is 0.508 e. The maximum Gasteiger partial charge on any atom is 0.508 e. The summed E-state index contributed by atoms with van der Waals surface area (Å²) in [6.45, 7) is 8.68. The van der Waals surface area contributed by atoms with Gasteiger partial charge in [0.2, 0.25) is 3.79 Å². The summed E-state index contributed by atoms with van der Waals surface area (Å²) in [6.07, 6.45) is -6.73. The molecule has 1 heterocycles. The molecule has 4 unspecified atom stereocenters. The zero-order valence-electron chi connectivity index (χ0n) is 26.9. The first-order valence-corrected chi connectivity index (χ1v) is 16.5. The van der Waals surface area contributed by atoms with E-state index in [1.807, 2.05) is 0 Å². The molecule has 0 aromatic heterocycles. The first-order valence-electron chi connectivity index (χ1n) is 15.3. The van der Waals surface area contributed by atoms with E-state index in [4.69, 9.17) is 58.5 Å². The molecule has 1 aliphatic heterocycles. The Hall–Kier alpha value is -2.41. The fraction of sp³-hybridized carbons (Fsp3) is 0.636. The van der Waals surface area contributed by atoms with Gasteiger partial charge in [-0.15, -0.1) is 0 Å². The van der Waals surface area contributed by atoms with E-state index in [0.717, 1.165) is 0 Å². The average molecular weight is 718 g/mol. The molecule has 1 saturated heterocycles. The minimum absolute atomic E-state index is 0.122. The Labute approximate surface area is 287 Å². The van der Waals surface area contributed by atoms with Gasteiger partial charge in [0.1, 0.15) is 36.3 Å². The highest BCUT2D eigenvalue weighted by Crippen LogP contribution is 2.65.